The molecular formula is C28H29NO5. The summed E-state index contributed by atoms with van der Waals surface area (Å²) in [5.41, 5.74) is 2.36. The lowest BCUT2D eigenvalue weighted by Crippen LogP contribution is -2.30. The number of aliphatic hydroxyl groups excluding tert-OH is 1. The maximum atomic E-state index is 13.0. The second kappa shape index (κ2) is 10.00. The van der Waals surface area contributed by atoms with Gasteiger partial charge in [-0.1, -0.05) is 43.7 Å². The molecule has 1 fully saturated rings. The van der Waals surface area contributed by atoms with Gasteiger partial charge in [-0.25, -0.2) is 0 Å². The van der Waals surface area contributed by atoms with E-state index in [1.54, 1.807) is 37.3 Å². The number of ketones is 1. The molecule has 1 aromatic heterocycles. The van der Waals surface area contributed by atoms with Crippen LogP contribution in [0.2, 0.25) is 0 Å². The lowest BCUT2D eigenvalue weighted by atomic mass is 9.98. The number of likely N-dealkylation sites (tertiary alicyclic amines) is 1. The maximum Gasteiger partial charge on any atom is 0.295 e. The number of nitrogens with zero attached hydrogens (tertiary/aromatic N) is 1. The minimum Gasteiger partial charge on any atom is -0.507 e. The summed E-state index contributed by atoms with van der Waals surface area (Å²) in [6.07, 6.45) is 1.62. The molecule has 176 valence electrons. The summed E-state index contributed by atoms with van der Waals surface area (Å²) in [6, 6.07) is 17.9. The van der Waals surface area contributed by atoms with E-state index < -0.39 is 17.7 Å². The summed E-state index contributed by atoms with van der Waals surface area (Å²) < 4.78 is 11.7. The molecule has 6 nitrogen and oxygen atoms in total. The van der Waals surface area contributed by atoms with Crippen LogP contribution in [0.15, 0.2) is 70.7 Å². The van der Waals surface area contributed by atoms with Gasteiger partial charge in [0.1, 0.15) is 35.7 Å². The molecule has 4 rings (SSSR count). The van der Waals surface area contributed by atoms with Crippen LogP contribution in [0.5, 0.6) is 5.75 Å². The molecule has 0 aliphatic carbocycles. The summed E-state index contributed by atoms with van der Waals surface area (Å²) in [5.74, 6) is 0.292. The first kappa shape index (κ1) is 23.4. The third kappa shape index (κ3) is 4.62. The van der Waals surface area contributed by atoms with E-state index in [1.165, 1.54) is 4.90 Å². The fourth-order valence-electron chi connectivity index (χ4n) is 4.18. The molecule has 2 heterocycles. The van der Waals surface area contributed by atoms with Gasteiger partial charge in [-0.15, -0.1) is 0 Å². The highest BCUT2D eigenvalue weighted by molar-refractivity contribution is 6.46. The number of aryl methyl sites for hydroxylation is 2. The van der Waals surface area contributed by atoms with Crippen LogP contribution in [0, 0.1) is 13.8 Å². The predicted molar refractivity (Wildman–Crippen MR) is 129 cm³/mol. The third-order valence-electron chi connectivity index (χ3n) is 6.01. The Morgan fingerprint density at radius 3 is 2.47 bits per heavy atom. The van der Waals surface area contributed by atoms with Gasteiger partial charge in [-0.3, -0.25) is 9.59 Å². The van der Waals surface area contributed by atoms with Gasteiger partial charge < -0.3 is 19.2 Å². The molecule has 0 saturated carbocycles. The van der Waals surface area contributed by atoms with Crippen LogP contribution in [-0.2, 0) is 16.2 Å². The number of aliphatic hydroxyl groups is 1. The van der Waals surface area contributed by atoms with Gasteiger partial charge >= 0.3 is 0 Å². The molecular weight excluding hydrogens is 430 g/mol. The van der Waals surface area contributed by atoms with Gasteiger partial charge in [0.15, 0.2) is 0 Å². The van der Waals surface area contributed by atoms with E-state index in [2.05, 4.69) is 0 Å². The van der Waals surface area contributed by atoms with Gasteiger partial charge in [0.2, 0.25) is 0 Å². The Kier molecular flexibility index (Phi) is 6.87. The number of carbonyl (C=O) groups is 2. The summed E-state index contributed by atoms with van der Waals surface area (Å²) >= 11 is 0. The van der Waals surface area contributed by atoms with Crippen LogP contribution in [0.4, 0.5) is 0 Å². The van der Waals surface area contributed by atoms with Crippen molar-refractivity contribution in [1.29, 1.82) is 0 Å². The molecule has 3 aromatic rings. The molecule has 34 heavy (non-hydrogen) atoms. The molecule has 1 atom stereocenters. The highest BCUT2D eigenvalue weighted by Crippen LogP contribution is 2.40. The number of hydrogen-bond acceptors (Lipinski definition) is 5. The van der Waals surface area contributed by atoms with Crippen molar-refractivity contribution >= 4 is 17.4 Å². The second-order valence-electron chi connectivity index (χ2n) is 8.55. The molecule has 1 N–H and O–H groups in total. The molecule has 1 amide bonds. The minimum absolute atomic E-state index is 0.0489. The standard InChI is InChI=1S/C28H29NO5/c1-4-5-15-29-25(23-13-11-19(3)34-23)24(27(31)28(29)32)26(30)21-12-14-22(18(2)16-21)33-17-20-9-7-6-8-10-20/h6-14,16,25,30H,4-5,15,17H2,1-3H3/b26-24-. The Hall–Kier alpha value is -3.80. The van der Waals surface area contributed by atoms with Crippen LogP contribution in [0.1, 0.15) is 54.0 Å². The van der Waals surface area contributed by atoms with Gasteiger partial charge in [0.25, 0.3) is 11.7 Å². The van der Waals surface area contributed by atoms with Crippen LogP contribution >= 0.6 is 0 Å². The maximum absolute atomic E-state index is 13.0. The van der Waals surface area contributed by atoms with E-state index >= 15 is 0 Å². The number of unbranched alkanes of at least 4 members (excludes halogenated alkanes) is 1. The van der Waals surface area contributed by atoms with Crippen LogP contribution in [-0.4, -0.2) is 28.2 Å². The van der Waals surface area contributed by atoms with Gasteiger partial charge in [0, 0.05) is 12.1 Å². The van der Waals surface area contributed by atoms with Crippen molar-refractivity contribution in [3.8, 4) is 5.75 Å². The van der Waals surface area contributed by atoms with E-state index in [0.29, 0.717) is 36.0 Å². The van der Waals surface area contributed by atoms with E-state index in [4.69, 9.17) is 9.15 Å². The zero-order chi connectivity index (χ0) is 24.2. The first-order valence-electron chi connectivity index (χ1n) is 11.5. The smallest absolute Gasteiger partial charge is 0.295 e. The molecule has 0 spiro atoms. The van der Waals surface area contributed by atoms with Gasteiger partial charge in [-0.2, -0.15) is 0 Å². The van der Waals surface area contributed by atoms with E-state index in [0.717, 1.165) is 24.0 Å². The van der Waals surface area contributed by atoms with E-state index in [9.17, 15) is 14.7 Å². The Bertz CT molecular complexity index is 1220. The van der Waals surface area contributed by atoms with Gasteiger partial charge in [0.05, 0.1) is 5.57 Å². The Morgan fingerprint density at radius 2 is 1.82 bits per heavy atom. The zero-order valence-electron chi connectivity index (χ0n) is 19.7. The van der Waals surface area contributed by atoms with Crippen LogP contribution in [0.25, 0.3) is 5.76 Å². The van der Waals surface area contributed by atoms with E-state index in [-0.39, 0.29) is 11.3 Å². The number of benzene rings is 2. The van der Waals surface area contributed by atoms with Crippen molar-refractivity contribution < 1.29 is 23.8 Å². The van der Waals surface area contributed by atoms with Crippen molar-refractivity contribution in [2.45, 2.75) is 46.3 Å². The topological polar surface area (TPSA) is 80.0 Å². The van der Waals surface area contributed by atoms with Crippen molar-refractivity contribution in [2.75, 3.05) is 6.54 Å². The van der Waals surface area contributed by atoms with Crippen molar-refractivity contribution in [2.24, 2.45) is 0 Å². The Morgan fingerprint density at radius 1 is 1.06 bits per heavy atom. The normalized spacial score (nSPS) is 17.4. The largest absolute Gasteiger partial charge is 0.507 e. The summed E-state index contributed by atoms with van der Waals surface area (Å²) in [4.78, 5) is 27.4. The highest BCUT2D eigenvalue weighted by atomic mass is 16.5. The molecule has 6 heteroatoms. The highest BCUT2D eigenvalue weighted by Gasteiger charge is 2.47. The average molecular weight is 460 g/mol. The molecule has 2 aromatic carbocycles. The fraction of sp³-hybridized carbons (Fsp3) is 0.286. The van der Waals surface area contributed by atoms with Gasteiger partial charge in [-0.05, 0) is 61.7 Å². The third-order valence-corrected chi connectivity index (χ3v) is 6.01. The number of Topliss-reactive ketones (excluding diaryl/α,β-unsaturated/α-hetero) is 1. The molecule has 0 radical (unpaired) electrons. The number of carbonyl (C=O) groups excluding carboxylic acids is 2. The zero-order valence-corrected chi connectivity index (χ0v) is 19.7. The molecule has 1 saturated heterocycles. The minimum atomic E-state index is -0.755. The second-order valence-corrected chi connectivity index (χ2v) is 8.55. The molecule has 1 aliphatic rings. The Labute approximate surface area is 199 Å². The van der Waals surface area contributed by atoms with E-state index in [1.807, 2.05) is 44.2 Å². The molecule has 1 aliphatic heterocycles. The number of rotatable bonds is 8. The van der Waals surface area contributed by atoms with Crippen LogP contribution < -0.4 is 4.74 Å². The number of ether oxygens (including phenoxy) is 1. The van der Waals surface area contributed by atoms with Crippen molar-refractivity contribution in [3.05, 3.63) is 94.4 Å². The average Bonchev–Trinajstić information content (AvgIpc) is 3.37. The predicted octanol–water partition coefficient (Wildman–Crippen LogP) is 5.70. The van der Waals surface area contributed by atoms with Crippen molar-refractivity contribution in [3.63, 3.8) is 0 Å². The van der Waals surface area contributed by atoms with Crippen LogP contribution in [0.3, 0.4) is 0 Å². The quantitative estimate of drug-likeness (QED) is 0.266. The number of furan rings is 1. The molecule has 0 bridgehead atoms. The number of amides is 1. The summed E-state index contributed by atoms with van der Waals surface area (Å²) in [6.45, 7) is 6.54. The fourth-order valence-corrected chi connectivity index (χ4v) is 4.18. The number of hydrogen-bond donors (Lipinski definition) is 1. The SMILES string of the molecule is CCCCN1C(=O)C(=O)/C(=C(\O)c2ccc(OCc3ccccc3)c(C)c2)C1c1ccc(C)o1. The first-order chi connectivity index (χ1) is 16.4. The summed E-state index contributed by atoms with van der Waals surface area (Å²) in [7, 11) is 0. The monoisotopic (exact) mass is 459 g/mol. The van der Waals surface area contributed by atoms with Crippen molar-refractivity contribution in [1.82, 2.24) is 4.90 Å². The lowest BCUT2D eigenvalue weighted by Gasteiger charge is -2.23. The summed E-state index contributed by atoms with van der Waals surface area (Å²) in [5, 5.41) is 11.2. The first-order valence-corrected chi connectivity index (χ1v) is 11.5. The molecule has 1 unspecified atom stereocenters. The Balaban J connectivity index is 1.68. The lowest BCUT2D eigenvalue weighted by molar-refractivity contribution is -0.140.